The molecule has 0 saturated heterocycles. The fourth-order valence-corrected chi connectivity index (χ4v) is 3.96. The number of nitrogens with zero attached hydrogens (tertiary/aromatic N) is 2. The Kier molecular flexibility index (Phi) is 5.74. The van der Waals surface area contributed by atoms with Crippen LogP contribution < -0.4 is 5.62 Å². The quantitative estimate of drug-likeness (QED) is 0.360. The van der Waals surface area contributed by atoms with Gasteiger partial charge >= 0.3 is 0 Å². The Morgan fingerprint density at radius 3 is 2.40 bits per heavy atom. The predicted molar refractivity (Wildman–Crippen MR) is 122 cm³/mol. The Bertz CT molecular complexity index is 1340. The van der Waals surface area contributed by atoms with Crippen LogP contribution >= 0.6 is 34.8 Å². The molecule has 0 unspecified atom stereocenters. The van der Waals surface area contributed by atoms with E-state index in [1.165, 1.54) is 0 Å². The van der Waals surface area contributed by atoms with Gasteiger partial charge in [-0.2, -0.15) is 0 Å². The average Bonchev–Trinajstić information content (AvgIpc) is 2.96. The lowest BCUT2D eigenvalue weighted by Gasteiger charge is -2.08. The van der Waals surface area contributed by atoms with Crippen LogP contribution in [0.3, 0.4) is 0 Å². The van der Waals surface area contributed by atoms with Crippen LogP contribution in [0.4, 0.5) is 0 Å². The summed E-state index contributed by atoms with van der Waals surface area (Å²) in [6.45, 7) is 2.56. The fraction of sp³-hybridized carbons (Fsp3) is 0.130. The smallest absolute Gasteiger partial charge is 0.203 e. The summed E-state index contributed by atoms with van der Waals surface area (Å²) in [6.07, 6.45) is 0. The molecule has 0 fully saturated rings. The highest BCUT2D eigenvalue weighted by molar-refractivity contribution is 6.42. The zero-order valence-electron chi connectivity index (χ0n) is 16.1. The molecular formula is C23H18Cl3N3O. The zero-order valence-corrected chi connectivity index (χ0v) is 18.4. The lowest BCUT2D eigenvalue weighted by atomic mass is 10.1. The zero-order chi connectivity index (χ0) is 21.4. The fourth-order valence-electron chi connectivity index (χ4n) is 3.50. The summed E-state index contributed by atoms with van der Waals surface area (Å²) in [5.74, 6) is -0.156. The van der Waals surface area contributed by atoms with Crippen LogP contribution in [-0.2, 0) is 13.1 Å². The van der Waals surface area contributed by atoms with Crippen molar-refractivity contribution in [2.75, 3.05) is 0 Å². The number of aromatic nitrogens is 2. The molecule has 0 aliphatic rings. The highest BCUT2D eigenvalue weighted by Crippen LogP contribution is 2.24. The lowest BCUT2D eigenvalue weighted by molar-refractivity contribution is 0.0971. The summed E-state index contributed by atoms with van der Waals surface area (Å²) >= 11 is 18.3. The SMILES string of the molecule is Cc1ccccc1Cn1c(=N)n(CC(=O)c2ccc(Cl)c(Cl)c2)c2ccc(Cl)cc21. The molecule has 0 aliphatic heterocycles. The number of carbonyl (C=O) groups excluding carboxylic acids is 1. The number of Topliss-reactive ketones (excluding diaryl/α,β-unsaturated/α-hetero) is 1. The standard InChI is InChI=1S/C23H18Cl3N3O/c1-14-4-2-3-5-16(14)12-28-21-11-17(24)7-9-20(21)29(23(28)27)13-22(30)15-6-8-18(25)19(26)10-15/h2-11,27H,12-13H2,1H3. The van der Waals surface area contributed by atoms with Crippen molar-refractivity contribution in [3.63, 3.8) is 0 Å². The molecule has 0 saturated carbocycles. The highest BCUT2D eigenvalue weighted by atomic mass is 35.5. The molecule has 0 aliphatic carbocycles. The molecule has 0 bridgehead atoms. The molecule has 3 aromatic carbocycles. The third kappa shape index (κ3) is 3.91. The molecule has 4 nitrogen and oxygen atoms in total. The molecule has 0 radical (unpaired) electrons. The number of nitrogens with one attached hydrogen (secondary N) is 1. The second kappa shape index (κ2) is 8.31. The lowest BCUT2D eigenvalue weighted by Crippen LogP contribution is -2.27. The molecule has 1 aromatic heterocycles. The van der Waals surface area contributed by atoms with Crippen molar-refractivity contribution in [2.24, 2.45) is 0 Å². The molecule has 7 heteroatoms. The van der Waals surface area contributed by atoms with Crippen molar-refractivity contribution in [2.45, 2.75) is 20.0 Å². The maximum atomic E-state index is 12.9. The van der Waals surface area contributed by atoms with Crippen molar-refractivity contribution in [1.82, 2.24) is 9.13 Å². The van der Waals surface area contributed by atoms with Crippen molar-refractivity contribution >= 4 is 51.6 Å². The number of rotatable bonds is 5. The highest BCUT2D eigenvalue weighted by Gasteiger charge is 2.16. The molecule has 0 atom stereocenters. The number of hydrogen-bond acceptors (Lipinski definition) is 2. The maximum Gasteiger partial charge on any atom is 0.203 e. The number of ketones is 1. The first-order valence-corrected chi connectivity index (χ1v) is 10.4. The van der Waals surface area contributed by atoms with E-state index in [1.807, 2.05) is 47.9 Å². The summed E-state index contributed by atoms with van der Waals surface area (Å²) in [5.41, 5.74) is 4.49. The molecule has 4 rings (SSSR count). The molecule has 0 spiro atoms. The normalized spacial score (nSPS) is 11.2. The molecule has 4 aromatic rings. The maximum absolute atomic E-state index is 12.9. The first-order chi connectivity index (χ1) is 14.3. The Morgan fingerprint density at radius 2 is 1.67 bits per heavy atom. The van der Waals surface area contributed by atoms with Gasteiger partial charge in [-0.25, -0.2) is 0 Å². The first kappa shape index (κ1) is 20.7. The number of fused-ring (bicyclic) bond motifs is 1. The van der Waals surface area contributed by atoms with Gasteiger partial charge in [0.2, 0.25) is 5.62 Å². The van der Waals surface area contributed by atoms with Crippen molar-refractivity contribution < 1.29 is 4.79 Å². The van der Waals surface area contributed by atoms with E-state index in [-0.39, 0.29) is 17.9 Å². The van der Waals surface area contributed by atoms with Crippen LogP contribution in [0.15, 0.2) is 60.7 Å². The van der Waals surface area contributed by atoms with Gasteiger partial charge in [-0.1, -0.05) is 59.1 Å². The van der Waals surface area contributed by atoms with Gasteiger partial charge < -0.3 is 9.13 Å². The second-order valence-electron chi connectivity index (χ2n) is 7.11. The minimum absolute atomic E-state index is 0.00962. The van der Waals surface area contributed by atoms with E-state index >= 15 is 0 Å². The van der Waals surface area contributed by atoms with Gasteiger partial charge in [0.15, 0.2) is 5.78 Å². The van der Waals surface area contributed by atoms with Gasteiger partial charge in [-0.05, 0) is 54.4 Å². The third-order valence-electron chi connectivity index (χ3n) is 5.16. The Labute approximate surface area is 188 Å². The van der Waals surface area contributed by atoms with Crippen molar-refractivity contribution in [3.8, 4) is 0 Å². The van der Waals surface area contributed by atoms with Crippen LogP contribution in [-0.4, -0.2) is 14.9 Å². The summed E-state index contributed by atoms with van der Waals surface area (Å²) in [6, 6.07) is 18.3. The Hall–Kier alpha value is -2.53. The van der Waals surface area contributed by atoms with Crippen LogP contribution in [0.1, 0.15) is 21.5 Å². The molecular weight excluding hydrogens is 441 g/mol. The summed E-state index contributed by atoms with van der Waals surface area (Å²) in [7, 11) is 0. The largest absolute Gasteiger partial charge is 0.306 e. The molecule has 1 N–H and O–H groups in total. The van der Waals surface area contributed by atoms with Gasteiger partial charge in [0, 0.05) is 10.6 Å². The van der Waals surface area contributed by atoms with E-state index in [9.17, 15) is 4.79 Å². The summed E-state index contributed by atoms with van der Waals surface area (Å²) in [4.78, 5) is 12.9. The summed E-state index contributed by atoms with van der Waals surface area (Å²) in [5, 5.41) is 10.1. The molecule has 1 heterocycles. The topological polar surface area (TPSA) is 50.8 Å². The third-order valence-corrected chi connectivity index (χ3v) is 6.14. The van der Waals surface area contributed by atoms with Crippen molar-refractivity contribution in [3.05, 3.63) is 98.0 Å². The monoisotopic (exact) mass is 457 g/mol. The molecule has 0 amide bonds. The van der Waals surface area contributed by atoms with E-state index in [0.29, 0.717) is 27.2 Å². The number of imidazole rings is 1. The second-order valence-corrected chi connectivity index (χ2v) is 8.36. The van der Waals surface area contributed by atoms with E-state index in [2.05, 4.69) is 0 Å². The van der Waals surface area contributed by atoms with Gasteiger partial charge in [0.1, 0.15) is 0 Å². The van der Waals surface area contributed by atoms with E-state index in [0.717, 1.165) is 22.2 Å². The average molecular weight is 459 g/mol. The first-order valence-electron chi connectivity index (χ1n) is 9.31. The van der Waals surface area contributed by atoms with E-state index < -0.39 is 0 Å². The van der Waals surface area contributed by atoms with Gasteiger partial charge in [-0.3, -0.25) is 10.2 Å². The number of aryl methyl sites for hydroxylation is 1. The van der Waals surface area contributed by atoms with Crippen LogP contribution in [0.5, 0.6) is 0 Å². The van der Waals surface area contributed by atoms with Gasteiger partial charge in [0.25, 0.3) is 0 Å². The molecule has 30 heavy (non-hydrogen) atoms. The minimum atomic E-state index is -0.156. The number of benzene rings is 3. The molecule has 152 valence electrons. The van der Waals surface area contributed by atoms with Crippen LogP contribution in [0, 0.1) is 12.3 Å². The predicted octanol–water partition coefficient (Wildman–Crippen LogP) is 6.12. The number of hydrogen-bond donors (Lipinski definition) is 1. The van der Waals surface area contributed by atoms with E-state index in [4.69, 9.17) is 40.2 Å². The van der Waals surface area contributed by atoms with Crippen LogP contribution in [0.25, 0.3) is 11.0 Å². The Morgan fingerprint density at radius 1 is 0.900 bits per heavy atom. The number of carbonyl (C=O) groups is 1. The van der Waals surface area contributed by atoms with Crippen molar-refractivity contribution in [1.29, 1.82) is 5.41 Å². The van der Waals surface area contributed by atoms with Crippen LogP contribution in [0.2, 0.25) is 15.1 Å². The van der Waals surface area contributed by atoms with Gasteiger partial charge in [0.05, 0.1) is 34.2 Å². The van der Waals surface area contributed by atoms with E-state index in [1.54, 1.807) is 28.8 Å². The van der Waals surface area contributed by atoms with Gasteiger partial charge in [-0.15, -0.1) is 0 Å². The number of halogens is 3. The minimum Gasteiger partial charge on any atom is -0.306 e. The summed E-state index contributed by atoms with van der Waals surface area (Å²) < 4.78 is 3.56. The Balaban J connectivity index is 1.79.